The van der Waals surface area contributed by atoms with E-state index in [-0.39, 0.29) is 17.4 Å². The van der Waals surface area contributed by atoms with Crippen LogP contribution in [0.4, 0.5) is 4.39 Å². The van der Waals surface area contributed by atoms with E-state index in [2.05, 4.69) is 10.2 Å². The van der Waals surface area contributed by atoms with Gasteiger partial charge in [-0.05, 0) is 37.1 Å². The van der Waals surface area contributed by atoms with Crippen LogP contribution < -0.4 is 0 Å². The van der Waals surface area contributed by atoms with Crippen molar-refractivity contribution in [3.63, 3.8) is 0 Å². The number of hydrogen-bond acceptors (Lipinski definition) is 4. The third-order valence-electron chi connectivity index (χ3n) is 5.34. The number of aromatic hydroxyl groups is 1. The molecule has 0 bridgehead atoms. The van der Waals surface area contributed by atoms with Crippen molar-refractivity contribution < 1.29 is 19.0 Å². The van der Waals surface area contributed by atoms with Crippen LogP contribution in [-0.4, -0.2) is 46.4 Å². The molecule has 1 aliphatic heterocycles. The zero-order valence-electron chi connectivity index (χ0n) is 16.6. The molecule has 30 heavy (non-hydrogen) atoms. The number of nitrogens with zero attached hydrogens (tertiary/aromatic N) is 2. The molecule has 0 radical (unpaired) electrons. The van der Waals surface area contributed by atoms with Crippen LogP contribution in [0.5, 0.6) is 5.75 Å². The molecule has 156 valence electrons. The van der Waals surface area contributed by atoms with Gasteiger partial charge in [-0.2, -0.15) is 5.10 Å². The summed E-state index contributed by atoms with van der Waals surface area (Å²) in [6.45, 7) is 2.64. The third kappa shape index (κ3) is 3.34. The summed E-state index contributed by atoms with van der Waals surface area (Å²) >= 11 is 6.27. The van der Waals surface area contributed by atoms with Gasteiger partial charge in [-0.25, -0.2) is 4.39 Å². The molecule has 1 unspecified atom stereocenters. The van der Waals surface area contributed by atoms with Gasteiger partial charge in [0.05, 0.1) is 6.04 Å². The first-order valence-electron chi connectivity index (χ1n) is 9.56. The molecule has 0 spiro atoms. The molecule has 2 heterocycles. The minimum Gasteiger partial charge on any atom is -0.507 e. The Hall–Kier alpha value is -2.90. The first-order chi connectivity index (χ1) is 14.4. The van der Waals surface area contributed by atoms with Gasteiger partial charge in [0, 0.05) is 42.0 Å². The van der Waals surface area contributed by atoms with Crippen molar-refractivity contribution in [3.8, 4) is 17.0 Å². The highest BCUT2D eigenvalue weighted by atomic mass is 35.5. The van der Waals surface area contributed by atoms with Crippen LogP contribution >= 0.6 is 11.6 Å². The predicted octanol–water partition coefficient (Wildman–Crippen LogP) is 4.46. The number of aromatic nitrogens is 2. The van der Waals surface area contributed by atoms with Crippen LogP contribution in [-0.2, 0) is 4.74 Å². The monoisotopic (exact) mass is 429 g/mol. The zero-order chi connectivity index (χ0) is 21.4. The molecule has 6 nitrogen and oxygen atoms in total. The minimum atomic E-state index is -0.682. The van der Waals surface area contributed by atoms with Crippen molar-refractivity contribution in [1.82, 2.24) is 15.1 Å². The molecule has 0 saturated heterocycles. The van der Waals surface area contributed by atoms with E-state index in [1.807, 2.05) is 0 Å². The predicted molar refractivity (Wildman–Crippen MR) is 111 cm³/mol. The SMILES string of the molecule is COCCCN1C(=O)c2[nH]nc(-c3cc(Cl)c(C)cc3O)c2C1c1ccccc1F. The van der Waals surface area contributed by atoms with E-state index in [4.69, 9.17) is 16.3 Å². The number of ether oxygens (including phenoxy) is 1. The molecule has 1 aliphatic rings. The summed E-state index contributed by atoms with van der Waals surface area (Å²) in [4.78, 5) is 14.7. The number of benzene rings is 2. The summed E-state index contributed by atoms with van der Waals surface area (Å²) in [7, 11) is 1.59. The maximum Gasteiger partial charge on any atom is 0.273 e. The number of aryl methyl sites for hydroxylation is 1. The average Bonchev–Trinajstić information content (AvgIpc) is 3.25. The molecule has 0 saturated carbocycles. The normalized spacial score (nSPS) is 15.7. The molecule has 0 fully saturated rings. The van der Waals surface area contributed by atoms with Gasteiger partial charge in [0.2, 0.25) is 0 Å². The number of hydrogen-bond donors (Lipinski definition) is 2. The van der Waals surface area contributed by atoms with E-state index in [0.717, 1.165) is 0 Å². The van der Waals surface area contributed by atoms with Crippen LogP contribution in [0.15, 0.2) is 36.4 Å². The van der Waals surface area contributed by atoms with Gasteiger partial charge >= 0.3 is 0 Å². The van der Waals surface area contributed by atoms with Crippen LogP contribution in [0, 0.1) is 12.7 Å². The number of carbonyl (C=O) groups excluding carboxylic acids is 1. The fourth-order valence-corrected chi connectivity index (χ4v) is 4.05. The Kier molecular flexibility index (Phi) is 5.49. The van der Waals surface area contributed by atoms with E-state index in [1.54, 1.807) is 49.3 Å². The van der Waals surface area contributed by atoms with Crippen molar-refractivity contribution >= 4 is 17.5 Å². The summed E-state index contributed by atoms with van der Waals surface area (Å²) < 4.78 is 19.9. The number of aromatic amines is 1. The van der Waals surface area contributed by atoms with Crippen molar-refractivity contribution in [2.75, 3.05) is 20.3 Å². The van der Waals surface area contributed by atoms with Crippen LogP contribution in [0.25, 0.3) is 11.3 Å². The van der Waals surface area contributed by atoms with E-state index in [1.165, 1.54) is 6.07 Å². The number of carbonyl (C=O) groups is 1. The second-order valence-corrected chi connectivity index (χ2v) is 7.66. The van der Waals surface area contributed by atoms with Crippen LogP contribution in [0.2, 0.25) is 5.02 Å². The molecule has 0 aliphatic carbocycles. The Morgan fingerprint density at radius 3 is 2.83 bits per heavy atom. The largest absolute Gasteiger partial charge is 0.507 e. The van der Waals surface area contributed by atoms with Gasteiger partial charge in [-0.1, -0.05) is 29.8 Å². The molecule has 1 aromatic heterocycles. The standard InChI is InChI=1S/C22H21ClFN3O3/c1-12-10-17(28)14(11-15(12)23)19-18-20(26-25-19)22(29)27(8-5-9-30-2)21(18)13-6-3-4-7-16(13)24/h3-4,6-7,10-11,21,28H,5,8-9H2,1-2H3,(H,25,26). The lowest BCUT2D eigenvalue weighted by atomic mass is 9.95. The molecule has 3 aromatic rings. The number of rotatable bonds is 6. The summed E-state index contributed by atoms with van der Waals surface area (Å²) in [5.41, 5.74) is 2.65. The number of phenols is 1. The number of phenolic OH excluding ortho intramolecular Hbond substituents is 1. The average molecular weight is 430 g/mol. The molecule has 1 amide bonds. The fraction of sp³-hybridized carbons (Fsp3) is 0.273. The second-order valence-electron chi connectivity index (χ2n) is 7.25. The molecule has 4 rings (SSSR count). The van der Waals surface area contributed by atoms with Crippen molar-refractivity contribution in [2.24, 2.45) is 0 Å². The quantitative estimate of drug-likeness (QED) is 0.567. The molecule has 2 N–H and O–H groups in total. The molecular formula is C22H21ClFN3O3. The van der Waals surface area contributed by atoms with Gasteiger partial charge in [0.1, 0.15) is 23.0 Å². The summed E-state index contributed by atoms with van der Waals surface area (Å²) in [6.07, 6.45) is 0.599. The maximum atomic E-state index is 14.8. The molecule has 1 atom stereocenters. The first-order valence-corrected chi connectivity index (χ1v) is 9.94. The smallest absolute Gasteiger partial charge is 0.273 e. The number of nitrogens with one attached hydrogen (secondary N) is 1. The van der Waals surface area contributed by atoms with Gasteiger partial charge in [-0.3, -0.25) is 9.89 Å². The van der Waals surface area contributed by atoms with Crippen LogP contribution in [0.1, 0.15) is 39.6 Å². The zero-order valence-corrected chi connectivity index (χ0v) is 17.3. The molecule has 2 aromatic carbocycles. The van der Waals surface area contributed by atoms with Crippen molar-refractivity contribution in [2.45, 2.75) is 19.4 Å². The number of amides is 1. The van der Waals surface area contributed by atoms with Gasteiger partial charge in [0.15, 0.2) is 0 Å². The van der Waals surface area contributed by atoms with E-state index in [0.29, 0.717) is 52.5 Å². The number of fused-ring (bicyclic) bond motifs is 1. The summed E-state index contributed by atoms with van der Waals surface area (Å²) in [5, 5.41) is 18.1. The fourth-order valence-electron chi connectivity index (χ4n) is 3.89. The Labute approximate surface area is 178 Å². The van der Waals surface area contributed by atoms with Gasteiger partial charge < -0.3 is 14.7 Å². The summed E-state index contributed by atoms with van der Waals surface area (Å²) in [6, 6.07) is 8.83. The highest BCUT2D eigenvalue weighted by Gasteiger charge is 2.43. The Balaban J connectivity index is 1.88. The van der Waals surface area contributed by atoms with Crippen molar-refractivity contribution in [1.29, 1.82) is 0 Å². The van der Waals surface area contributed by atoms with Gasteiger partial charge in [0.25, 0.3) is 5.91 Å². The number of H-pyrrole nitrogens is 1. The topological polar surface area (TPSA) is 78.5 Å². The minimum absolute atomic E-state index is 0.0104. The summed E-state index contributed by atoms with van der Waals surface area (Å²) in [5.74, 6) is -0.701. The van der Waals surface area contributed by atoms with E-state index < -0.39 is 11.9 Å². The van der Waals surface area contributed by atoms with Crippen LogP contribution in [0.3, 0.4) is 0 Å². The number of halogens is 2. The van der Waals surface area contributed by atoms with E-state index in [9.17, 15) is 14.3 Å². The Bertz CT molecular complexity index is 1120. The molecule has 8 heteroatoms. The maximum absolute atomic E-state index is 14.8. The Morgan fingerprint density at radius 1 is 1.33 bits per heavy atom. The Morgan fingerprint density at radius 2 is 2.10 bits per heavy atom. The lowest BCUT2D eigenvalue weighted by Crippen LogP contribution is -2.31. The second kappa shape index (κ2) is 8.08. The lowest BCUT2D eigenvalue weighted by Gasteiger charge is -2.26. The lowest BCUT2D eigenvalue weighted by molar-refractivity contribution is 0.0721. The van der Waals surface area contributed by atoms with Gasteiger partial charge in [-0.15, -0.1) is 0 Å². The highest BCUT2D eigenvalue weighted by Crippen LogP contribution is 2.45. The highest BCUT2D eigenvalue weighted by molar-refractivity contribution is 6.31. The number of methoxy groups -OCH3 is 1. The first kappa shape index (κ1) is 20.4. The molecular weight excluding hydrogens is 409 g/mol. The van der Waals surface area contributed by atoms with E-state index >= 15 is 0 Å². The third-order valence-corrected chi connectivity index (χ3v) is 5.75. The van der Waals surface area contributed by atoms with Crippen molar-refractivity contribution in [3.05, 3.63) is 69.6 Å².